The third-order valence-electron chi connectivity index (χ3n) is 16.7. The molecule has 0 spiro atoms. The van der Waals surface area contributed by atoms with Crippen LogP contribution >= 0.6 is 0 Å². The number of hydrogen-bond acceptors (Lipinski definition) is 18. The molecule has 9 atom stereocenters. The number of carboxylic acid groups (broad SMARTS) is 1. The van der Waals surface area contributed by atoms with E-state index in [0.717, 1.165) is 4.90 Å². The molecule has 3 fully saturated rings. The summed E-state index contributed by atoms with van der Waals surface area (Å²) in [5.41, 5.74) is 1.32. The fourth-order valence-corrected chi connectivity index (χ4v) is 12.1. The number of amides is 8. The summed E-state index contributed by atoms with van der Waals surface area (Å²) in [5.74, 6) is -5.72. The van der Waals surface area contributed by atoms with Gasteiger partial charge in [0.25, 0.3) is 18.1 Å². The van der Waals surface area contributed by atoms with Gasteiger partial charge in [0.1, 0.15) is 47.2 Å². The number of aliphatic hydroxyl groups is 2. The lowest BCUT2D eigenvalue weighted by atomic mass is 9.67. The molecule has 2 saturated carbocycles. The average molecular weight is 1220 g/mol. The number of aliphatic carboxylic acids is 1. The second-order valence-corrected chi connectivity index (χ2v) is 22.1. The molecule has 3 aliphatic heterocycles. The zero-order valence-corrected chi connectivity index (χ0v) is 48.9. The van der Waals surface area contributed by atoms with Gasteiger partial charge in [0, 0.05) is 69.2 Å². The Balaban J connectivity index is 0.771. The Labute approximate surface area is 506 Å². The van der Waals surface area contributed by atoms with Gasteiger partial charge >= 0.3 is 18.1 Å². The van der Waals surface area contributed by atoms with E-state index in [2.05, 4.69) is 26.6 Å². The number of carboxylic acids is 1. The van der Waals surface area contributed by atoms with Crippen LogP contribution in [0, 0.1) is 11.3 Å². The van der Waals surface area contributed by atoms with E-state index in [-0.39, 0.29) is 106 Å². The van der Waals surface area contributed by atoms with Gasteiger partial charge in [-0.2, -0.15) is 0 Å². The Hall–Kier alpha value is -8.82. The van der Waals surface area contributed by atoms with E-state index in [1.54, 1.807) is 78.9 Å². The molecule has 4 aromatic carbocycles. The van der Waals surface area contributed by atoms with Crippen LogP contribution in [-0.4, -0.2) is 153 Å². The van der Waals surface area contributed by atoms with E-state index < -0.39 is 95.1 Å². The maximum atomic E-state index is 13.8. The smallest absolute Gasteiger partial charge is 0.407 e. The molecule has 0 radical (unpaired) electrons. The molecule has 9 rings (SSSR count). The minimum Gasteiger partial charge on any atom is -0.497 e. The van der Waals surface area contributed by atoms with Crippen molar-refractivity contribution in [2.75, 3.05) is 59.4 Å². The molecule has 3 heterocycles. The van der Waals surface area contributed by atoms with Crippen LogP contribution in [-0.2, 0) is 65.5 Å². The number of aliphatic hydroxyl groups excluding tert-OH is 1. The number of ether oxygens (including phenoxy) is 8. The molecule has 5 aliphatic rings. The van der Waals surface area contributed by atoms with E-state index in [4.69, 9.17) is 43.6 Å². The van der Waals surface area contributed by atoms with Gasteiger partial charge in [-0.1, -0.05) is 61.0 Å². The molecule has 26 heteroatoms. The molecule has 8 amide bonds. The number of nitrogens with one attached hydrogen (secondary N) is 5. The van der Waals surface area contributed by atoms with Crippen molar-refractivity contribution in [3.8, 4) is 23.0 Å². The van der Waals surface area contributed by atoms with Gasteiger partial charge in [0.15, 0.2) is 11.2 Å². The SMILES string of the molecule is COc1ccc(C23Oc4cc(OC5OC(CCNC(=O)OCc6ccc(NC(=O)C(CCCNC(N)=O)NC(=O)C7(C(=O)NCCCCCN8C(=O)C=CC8=O)CCC7)cc6)COC5OC)cc(OC)c4C2(O)C(O)C(C(=O)O)C3c2ccccc2)cc1. The second-order valence-electron chi connectivity index (χ2n) is 22.1. The molecule has 0 bridgehead atoms. The highest BCUT2D eigenvalue weighted by Crippen LogP contribution is 2.70. The number of nitrogens with two attached hydrogens (primary N) is 1. The van der Waals surface area contributed by atoms with E-state index in [1.807, 2.05) is 0 Å². The van der Waals surface area contributed by atoms with Crippen LogP contribution in [0.4, 0.5) is 15.3 Å². The fraction of sp³-hybridized carbons (Fsp3) is 0.452. The number of primary amides is 1. The van der Waals surface area contributed by atoms with Crippen LogP contribution in [0.5, 0.6) is 23.0 Å². The van der Waals surface area contributed by atoms with Crippen LogP contribution < -0.4 is 51.3 Å². The van der Waals surface area contributed by atoms with E-state index >= 15 is 0 Å². The maximum Gasteiger partial charge on any atom is 0.407 e. The molecule has 10 N–H and O–H groups in total. The summed E-state index contributed by atoms with van der Waals surface area (Å²) in [4.78, 5) is 103. The van der Waals surface area contributed by atoms with Crippen molar-refractivity contribution in [3.63, 3.8) is 0 Å². The first kappa shape index (κ1) is 63.7. The highest BCUT2D eigenvalue weighted by molar-refractivity contribution is 6.13. The molecule has 4 aromatic rings. The minimum atomic E-state index is -2.40. The van der Waals surface area contributed by atoms with Crippen molar-refractivity contribution in [2.24, 2.45) is 17.1 Å². The predicted octanol–water partition coefficient (Wildman–Crippen LogP) is 3.70. The number of nitrogens with zero attached hydrogens (tertiary/aromatic N) is 1. The Morgan fingerprint density at radius 2 is 1.51 bits per heavy atom. The van der Waals surface area contributed by atoms with E-state index in [0.29, 0.717) is 53.8 Å². The van der Waals surface area contributed by atoms with Crippen LogP contribution in [0.2, 0.25) is 0 Å². The van der Waals surface area contributed by atoms with Crippen molar-refractivity contribution in [1.82, 2.24) is 26.2 Å². The molecule has 26 nitrogen and oxygen atoms in total. The number of methoxy groups -OCH3 is 3. The summed E-state index contributed by atoms with van der Waals surface area (Å²) < 4.78 is 47.8. The largest absolute Gasteiger partial charge is 0.497 e. The van der Waals surface area contributed by atoms with E-state index in [9.17, 15) is 53.7 Å². The van der Waals surface area contributed by atoms with Crippen LogP contribution in [0.1, 0.15) is 86.0 Å². The third-order valence-corrected chi connectivity index (χ3v) is 16.7. The van der Waals surface area contributed by atoms with Crippen LogP contribution in [0.15, 0.2) is 103 Å². The van der Waals surface area contributed by atoms with Gasteiger partial charge in [0.05, 0.1) is 38.4 Å². The number of fused-ring (bicyclic) bond motifs is 3. The summed E-state index contributed by atoms with van der Waals surface area (Å²) >= 11 is 0. The molecule has 2 aliphatic carbocycles. The number of urea groups is 1. The van der Waals surface area contributed by atoms with Crippen LogP contribution in [0.25, 0.3) is 0 Å². The maximum absolute atomic E-state index is 13.8. The van der Waals surface area contributed by atoms with Gasteiger partial charge in [-0.15, -0.1) is 0 Å². The number of anilines is 1. The summed E-state index contributed by atoms with van der Waals surface area (Å²) in [6.07, 6.45) is 0.488. The topological polar surface area (TPSA) is 361 Å². The lowest BCUT2D eigenvalue weighted by molar-refractivity contribution is -0.312. The number of carbonyl (C=O) groups excluding carboxylic acids is 7. The van der Waals surface area contributed by atoms with Crippen molar-refractivity contribution in [1.29, 1.82) is 0 Å². The molecular formula is C62H73N7O19. The summed E-state index contributed by atoms with van der Waals surface area (Å²) in [6, 6.07) is 22.8. The fourth-order valence-electron chi connectivity index (χ4n) is 12.1. The molecule has 0 aromatic heterocycles. The molecule has 1 saturated heterocycles. The van der Waals surface area contributed by atoms with Crippen molar-refractivity contribution < 1.29 is 91.6 Å². The number of carbonyl (C=O) groups is 8. The van der Waals surface area contributed by atoms with Crippen LogP contribution in [0.3, 0.4) is 0 Å². The number of imide groups is 1. The van der Waals surface area contributed by atoms with Gasteiger partial charge < -0.3 is 85.5 Å². The van der Waals surface area contributed by atoms with Gasteiger partial charge in [-0.3, -0.25) is 33.7 Å². The zero-order chi connectivity index (χ0) is 62.8. The van der Waals surface area contributed by atoms with Crippen molar-refractivity contribution in [2.45, 2.75) is 112 Å². The summed E-state index contributed by atoms with van der Waals surface area (Å²) in [7, 11) is 4.25. The first-order chi connectivity index (χ1) is 42.4. The third kappa shape index (κ3) is 13.2. The standard InChI is InChI=1S/C62H73N7O19/c1-81-40-21-17-38(18-22-40)62-49(37-12-6-4-7-13-37)48(53(74)75)51(72)61(62,80)50-44(82-2)32-42(33-45(50)88-62)87-55-54(83-3)84-35-41(86-55)25-30-66-59(79)85-34-36-15-19-39(20-16-36)67-52(73)43(14-10-29-65-58(63)78)68-57(77)60(26-11-27-60)56(76)64-28-8-5-9-31-69-46(70)23-24-47(69)71/h4,6-7,12-13,15-24,32-33,41,43,48-49,51,54-55,72,80H,5,8-11,14,25-31,34-35H2,1-3H3,(H,64,76)(H,66,79)(H,67,73)(H,68,77)(H,74,75)(H3,63,65,78). The van der Waals surface area contributed by atoms with Gasteiger partial charge in [-0.05, 0) is 92.3 Å². The number of unbranched alkanes of at least 4 members (excludes halogenated alkanes) is 2. The lowest BCUT2D eigenvalue weighted by Gasteiger charge is -2.40. The first-order valence-electron chi connectivity index (χ1n) is 29.0. The minimum absolute atomic E-state index is 0.00667. The zero-order valence-electron chi connectivity index (χ0n) is 48.9. The Bertz CT molecular complexity index is 3220. The monoisotopic (exact) mass is 1220 g/mol. The molecule has 9 unspecified atom stereocenters. The van der Waals surface area contributed by atoms with Gasteiger partial charge in [0.2, 0.25) is 24.0 Å². The quantitative estimate of drug-likeness (QED) is 0.0222. The number of rotatable bonds is 28. The Morgan fingerprint density at radius 1 is 0.795 bits per heavy atom. The first-order valence-corrected chi connectivity index (χ1v) is 29.0. The molecular weight excluding hydrogens is 1150 g/mol. The summed E-state index contributed by atoms with van der Waals surface area (Å²) in [6.45, 7) is 0.680. The van der Waals surface area contributed by atoms with E-state index in [1.165, 1.54) is 45.6 Å². The predicted molar refractivity (Wildman–Crippen MR) is 310 cm³/mol. The number of hydrogen-bond donors (Lipinski definition) is 9. The molecule has 470 valence electrons. The van der Waals surface area contributed by atoms with Crippen molar-refractivity contribution >= 4 is 53.3 Å². The number of alkyl carbamates (subject to hydrolysis) is 1. The Kier molecular flexibility index (Phi) is 20.2. The van der Waals surface area contributed by atoms with Gasteiger partial charge in [-0.25, -0.2) is 9.59 Å². The summed E-state index contributed by atoms with van der Waals surface area (Å²) in [5, 5.41) is 49.6. The lowest BCUT2D eigenvalue weighted by Crippen LogP contribution is -2.58. The average Bonchev–Trinajstić information content (AvgIpc) is 1.51. The van der Waals surface area contributed by atoms with Crippen molar-refractivity contribution in [3.05, 3.63) is 125 Å². The normalized spacial score (nSPS) is 24.1. The second kappa shape index (κ2) is 27.9. The number of benzene rings is 4. The highest BCUT2D eigenvalue weighted by Gasteiger charge is 2.78. The molecule has 88 heavy (non-hydrogen) atoms. The highest BCUT2D eigenvalue weighted by atomic mass is 16.8. The Morgan fingerprint density at radius 3 is 2.16 bits per heavy atom.